The van der Waals surface area contributed by atoms with Gasteiger partial charge < -0.3 is 9.77 Å². The van der Waals surface area contributed by atoms with Gasteiger partial charge in [-0.3, -0.25) is 5.32 Å². The lowest BCUT2D eigenvalue weighted by Crippen LogP contribution is -2.34. The third-order valence-corrected chi connectivity index (χ3v) is 3.27. The summed E-state index contributed by atoms with van der Waals surface area (Å²) in [6.07, 6.45) is -0.352. The van der Waals surface area contributed by atoms with E-state index in [1.165, 1.54) is 10.8 Å². The number of benzene rings is 2. The highest BCUT2D eigenvalue weighted by Crippen LogP contribution is 2.30. The molecule has 3 aromatic rings. The van der Waals surface area contributed by atoms with Gasteiger partial charge in [0.05, 0.1) is 11.0 Å². The van der Waals surface area contributed by atoms with E-state index in [4.69, 9.17) is 0 Å². The third kappa shape index (κ3) is 1.51. The van der Waals surface area contributed by atoms with Crippen LogP contribution >= 0.6 is 0 Å². The van der Waals surface area contributed by atoms with E-state index in [0.29, 0.717) is 0 Å². The molecule has 1 aromatic heterocycles. The van der Waals surface area contributed by atoms with Crippen LogP contribution in [-0.2, 0) is 0 Å². The normalized spacial score (nSPS) is 13.2. The quantitative estimate of drug-likeness (QED) is 0.487. The Hall–Kier alpha value is -1.88. The van der Waals surface area contributed by atoms with E-state index in [-0.39, 0.29) is 6.29 Å². The van der Waals surface area contributed by atoms with Crippen LogP contribution in [0.4, 0.5) is 0 Å². The molecule has 92 valence electrons. The molecule has 18 heavy (non-hydrogen) atoms. The molecular weight excluding hydrogens is 226 g/mol. The molecular formula is C14H15N3O. The summed E-state index contributed by atoms with van der Waals surface area (Å²) in [5.41, 5.74) is 4.46. The molecule has 3 N–H and O–H groups in total. The summed E-state index contributed by atoms with van der Waals surface area (Å²) in [7, 11) is 1.80. The van der Waals surface area contributed by atoms with Crippen molar-refractivity contribution in [2.75, 3.05) is 7.05 Å². The molecule has 0 aliphatic rings. The van der Waals surface area contributed by atoms with Crippen LogP contribution in [0.15, 0.2) is 48.5 Å². The van der Waals surface area contributed by atoms with Gasteiger partial charge in [-0.2, -0.15) is 5.48 Å². The molecule has 0 spiro atoms. The maximum absolute atomic E-state index is 9.28. The molecule has 0 saturated heterocycles. The van der Waals surface area contributed by atoms with Crippen molar-refractivity contribution in [2.45, 2.75) is 6.29 Å². The summed E-state index contributed by atoms with van der Waals surface area (Å²) in [5, 5.41) is 14.7. The summed E-state index contributed by atoms with van der Waals surface area (Å²) < 4.78 is 2.05. The van der Waals surface area contributed by atoms with Crippen LogP contribution in [0.25, 0.3) is 21.8 Å². The van der Waals surface area contributed by atoms with E-state index >= 15 is 0 Å². The van der Waals surface area contributed by atoms with Gasteiger partial charge in [0.25, 0.3) is 0 Å². The van der Waals surface area contributed by atoms with Crippen molar-refractivity contribution in [1.82, 2.24) is 15.4 Å². The highest BCUT2D eigenvalue weighted by atomic mass is 16.5. The van der Waals surface area contributed by atoms with Crippen LogP contribution in [0.3, 0.4) is 0 Å². The van der Waals surface area contributed by atoms with E-state index in [9.17, 15) is 5.21 Å². The molecule has 0 radical (unpaired) electrons. The number of hydrogen-bond donors (Lipinski definition) is 3. The van der Waals surface area contributed by atoms with E-state index in [0.717, 1.165) is 11.0 Å². The van der Waals surface area contributed by atoms with Crippen LogP contribution in [-0.4, -0.2) is 16.8 Å². The van der Waals surface area contributed by atoms with Gasteiger partial charge in [-0.15, -0.1) is 0 Å². The summed E-state index contributed by atoms with van der Waals surface area (Å²) in [5.74, 6) is 0. The lowest BCUT2D eigenvalue weighted by molar-refractivity contribution is 0.0839. The molecule has 3 rings (SSSR count). The first-order valence-electron chi connectivity index (χ1n) is 5.91. The lowest BCUT2D eigenvalue weighted by Gasteiger charge is -2.18. The number of nitrogens with zero attached hydrogens (tertiary/aromatic N) is 1. The van der Waals surface area contributed by atoms with Crippen molar-refractivity contribution < 1.29 is 5.21 Å². The van der Waals surface area contributed by atoms with Crippen molar-refractivity contribution in [3.05, 3.63) is 48.5 Å². The predicted molar refractivity (Wildman–Crippen MR) is 72.5 cm³/mol. The average molecular weight is 241 g/mol. The predicted octanol–water partition coefficient (Wildman–Crippen LogP) is 2.45. The molecule has 1 heterocycles. The molecule has 1 atom stereocenters. The molecule has 0 fully saturated rings. The molecule has 1 unspecified atom stereocenters. The van der Waals surface area contributed by atoms with Crippen LogP contribution in [0, 0.1) is 0 Å². The lowest BCUT2D eigenvalue weighted by atomic mass is 10.2. The Labute approximate surface area is 105 Å². The van der Waals surface area contributed by atoms with Gasteiger partial charge in [0.1, 0.15) is 0 Å². The monoisotopic (exact) mass is 241 g/mol. The molecule has 4 nitrogen and oxygen atoms in total. The average Bonchev–Trinajstić information content (AvgIpc) is 2.76. The Morgan fingerprint density at radius 3 is 1.89 bits per heavy atom. The largest absolute Gasteiger partial charge is 0.314 e. The number of nitrogens with one attached hydrogen (secondary N) is 2. The minimum absolute atomic E-state index is 0.352. The number of fused-ring (bicyclic) bond motifs is 3. The number of rotatable bonds is 3. The van der Waals surface area contributed by atoms with Crippen LogP contribution in [0.1, 0.15) is 6.29 Å². The van der Waals surface area contributed by atoms with Crippen molar-refractivity contribution in [3.63, 3.8) is 0 Å². The zero-order valence-electron chi connectivity index (χ0n) is 10.1. The Bertz CT molecular complexity index is 632. The van der Waals surface area contributed by atoms with Gasteiger partial charge in [0, 0.05) is 10.8 Å². The molecule has 4 heteroatoms. The minimum atomic E-state index is -0.352. The van der Waals surface area contributed by atoms with Gasteiger partial charge in [-0.25, -0.2) is 0 Å². The second-order valence-electron chi connectivity index (χ2n) is 4.22. The van der Waals surface area contributed by atoms with E-state index in [1.807, 2.05) is 28.8 Å². The van der Waals surface area contributed by atoms with Crippen molar-refractivity contribution in [2.24, 2.45) is 0 Å². The highest BCUT2D eigenvalue weighted by Gasteiger charge is 2.15. The molecule has 0 aliphatic heterocycles. The summed E-state index contributed by atoms with van der Waals surface area (Å²) in [6.45, 7) is 0. The van der Waals surface area contributed by atoms with Crippen LogP contribution < -0.4 is 10.8 Å². The fourth-order valence-electron chi connectivity index (χ4n) is 2.48. The second kappa shape index (κ2) is 4.42. The van der Waals surface area contributed by atoms with Gasteiger partial charge in [-0.1, -0.05) is 36.4 Å². The van der Waals surface area contributed by atoms with Gasteiger partial charge in [0.2, 0.25) is 0 Å². The SMILES string of the molecule is CNC(NO)n1c2ccccc2c2ccccc21. The van der Waals surface area contributed by atoms with Gasteiger partial charge in [-0.05, 0) is 19.2 Å². The first-order chi connectivity index (χ1) is 8.86. The zero-order chi connectivity index (χ0) is 12.5. The van der Waals surface area contributed by atoms with Crippen LogP contribution in [0.5, 0.6) is 0 Å². The minimum Gasteiger partial charge on any atom is -0.314 e. The first kappa shape index (κ1) is 11.2. The van der Waals surface area contributed by atoms with Crippen LogP contribution in [0.2, 0.25) is 0 Å². The molecule has 0 amide bonds. The topological polar surface area (TPSA) is 49.2 Å². The second-order valence-corrected chi connectivity index (χ2v) is 4.22. The van der Waals surface area contributed by atoms with Crippen molar-refractivity contribution in [1.29, 1.82) is 0 Å². The molecule has 0 bridgehead atoms. The third-order valence-electron chi connectivity index (χ3n) is 3.27. The number of hydroxylamine groups is 1. The summed E-state index contributed by atoms with van der Waals surface area (Å²) >= 11 is 0. The van der Waals surface area contributed by atoms with E-state index in [2.05, 4.69) is 35.1 Å². The number of hydrogen-bond acceptors (Lipinski definition) is 3. The first-order valence-corrected chi connectivity index (χ1v) is 5.91. The maximum atomic E-state index is 9.28. The molecule has 2 aromatic carbocycles. The van der Waals surface area contributed by atoms with Crippen molar-refractivity contribution >= 4 is 21.8 Å². The fourth-order valence-corrected chi connectivity index (χ4v) is 2.48. The Morgan fingerprint density at radius 1 is 0.944 bits per heavy atom. The molecule has 0 saturated carbocycles. The smallest absolute Gasteiger partial charge is 0.161 e. The van der Waals surface area contributed by atoms with E-state index < -0.39 is 0 Å². The Morgan fingerprint density at radius 2 is 1.44 bits per heavy atom. The number of aromatic nitrogens is 1. The Balaban J connectivity index is 2.45. The summed E-state index contributed by atoms with van der Waals surface area (Å²) in [4.78, 5) is 0. The zero-order valence-corrected chi connectivity index (χ0v) is 10.1. The maximum Gasteiger partial charge on any atom is 0.161 e. The summed E-state index contributed by atoms with van der Waals surface area (Å²) in [6, 6.07) is 16.4. The van der Waals surface area contributed by atoms with E-state index in [1.54, 1.807) is 7.05 Å². The Kier molecular flexibility index (Phi) is 2.76. The van der Waals surface area contributed by atoms with Gasteiger partial charge in [0.15, 0.2) is 6.29 Å². The van der Waals surface area contributed by atoms with Gasteiger partial charge >= 0.3 is 0 Å². The fraction of sp³-hybridized carbons (Fsp3) is 0.143. The molecule has 0 aliphatic carbocycles. The van der Waals surface area contributed by atoms with Crippen molar-refractivity contribution in [3.8, 4) is 0 Å². The standard InChI is InChI=1S/C14H15N3O/c1-15-14(16-18)17-12-8-4-2-6-10(12)11-7-3-5-9-13(11)17/h2-9,14-16,18H,1H3. The number of para-hydroxylation sites is 2. The highest BCUT2D eigenvalue weighted by molar-refractivity contribution is 6.08.